The Morgan fingerprint density at radius 2 is 2.57 bits per heavy atom. The van der Waals surface area contributed by atoms with E-state index in [1.165, 1.54) is 0 Å². The van der Waals surface area contributed by atoms with Crippen LogP contribution in [0.5, 0.6) is 0 Å². The van der Waals surface area contributed by atoms with Crippen LogP contribution in [-0.2, 0) is 6.54 Å². The fourth-order valence-electron chi connectivity index (χ4n) is 1.88. The molecule has 4 heteroatoms. The lowest BCUT2D eigenvalue weighted by molar-refractivity contribution is 0.0663. The highest BCUT2D eigenvalue weighted by Gasteiger charge is 2.18. The molecular formula is C10H16N2OS. The van der Waals surface area contributed by atoms with E-state index in [1.807, 2.05) is 6.92 Å². The molecule has 0 bridgehead atoms. The average molecular weight is 212 g/mol. The summed E-state index contributed by atoms with van der Waals surface area (Å²) in [6, 6.07) is 0. The molecule has 1 unspecified atom stereocenters. The third kappa shape index (κ3) is 2.53. The molecule has 0 amide bonds. The van der Waals surface area contributed by atoms with Crippen molar-refractivity contribution in [3.05, 3.63) is 16.1 Å². The highest BCUT2D eigenvalue weighted by Crippen LogP contribution is 2.15. The van der Waals surface area contributed by atoms with Gasteiger partial charge in [-0.05, 0) is 26.3 Å². The Bertz CT molecular complexity index is 300. The number of β-amino-alcohol motifs (C(OH)–C–C–N with tert-alkyl or cyclic N) is 1. The first kappa shape index (κ1) is 10.1. The van der Waals surface area contributed by atoms with Crippen LogP contribution in [0.1, 0.15) is 23.5 Å². The summed E-state index contributed by atoms with van der Waals surface area (Å²) in [6.45, 7) is 4.81. The third-order valence-electron chi connectivity index (χ3n) is 2.53. The summed E-state index contributed by atoms with van der Waals surface area (Å²) in [4.78, 5) is 6.71. The van der Waals surface area contributed by atoms with E-state index in [1.54, 1.807) is 11.3 Å². The van der Waals surface area contributed by atoms with Crippen molar-refractivity contribution in [2.45, 2.75) is 32.4 Å². The smallest absolute Gasteiger partial charge is 0.0897 e. The van der Waals surface area contributed by atoms with E-state index in [2.05, 4.69) is 15.3 Å². The molecule has 1 aromatic rings. The van der Waals surface area contributed by atoms with E-state index in [0.29, 0.717) is 0 Å². The molecule has 1 aliphatic heterocycles. The van der Waals surface area contributed by atoms with Gasteiger partial charge in [-0.1, -0.05) is 0 Å². The van der Waals surface area contributed by atoms with Gasteiger partial charge in [0.05, 0.1) is 16.8 Å². The quantitative estimate of drug-likeness (QED) is 0.805. The van der Waals surface area contributed by atoms with Gasteiger partial charge in [0.15, 0.2) is 0 Å². The van der Waals surface area contributed by atoms with Crippen molar-refractivity contribution in [2.24, 2.45) is 0 Å². The molecule has 2 rings (SSSR count). The number of nitrogens with zero attached hydrogens (tertiary/aromatic N) is 2. The van der Waals surface area contributed by atoms with Crippen molar-refractivity contribution in [3.8, 4) is 0 Å². The molecule has 0 aliphatic carbocycles. The molecule has 0 aromatic carbocycles. The van der Waals surface area contributed by atoms with Gasteiger partial charge in [-0.3, -0.25) is 4.90 Å². The van der Waals surface area contributed by atoms with Crippen molar-refractivity contribution in [1.29, 1.82) is 0 Å². The van der Waals surface area contributed by atoms with Crippen LogP contribution in [0.4, 0.5) is 0 Å². The van der Waals surface area contributed by atoms with Crippen molar-refractivity contribution >= 4 is 11.3 Å². The minimum absolute atomic E-state index is 0.136. The van der Waals surface area contributed by atoms with Crippen LogP contribution in [0.3, 0.4) is 0 Å². The number of likely N-dealkylation sites (tertiary alicyclic amines) is 1. The summed E-state index contributed by atoms with van der Waals surface area (Å²) in [5.74, 6) is 0. The number of hydrogen-bond donors (Lipinski definition) is 1. The first-order chi connectivity index (χ1) is 6.74. The molecule has 1 aromatic heterocycles. The number of aromatic nitrogens is 1. The zero-order valence-electron chi connectivity index (χ0n) is 8.44. The van der Waals surface area contributed by atoms with E-state index < -0.39 is 0 Å². The van der Waals surface area contributed by atoms with Crippen LogP contribution in [0.25, 0.3) is 0 Å². The Hall–Kier alpha value is -0.450. The zero-order chi connectivity index (χ0) is 9.97. The monoisotopic (exact) mass is 212 g/mol. The lowest BCUT2D eigenvalue weighted by Crippen LogP contribution is -2.37. The first-order valence-corrected chi connectivity index (χ1v) is 5.93. The molecule has 1 N–H and O–H groups in total. The van der Waals surface area contributed by atoms with Gasteiger partial charge in [0.25, 0.3) is 0 Å². The second-order valence-electron chi connectivity index (χ2n) is 3.89. The molecule has 0 saturated carbocycles. The molecule has 0 radical (unpaired) electrons. The summed E-state index contributed by atoms with van der Waals surface area (Å²) >= 11 is 1.69. The number of aliphatic hydroxyl groups excluding tert-OH is 1. The Morgan fingerprint density at radius 3 is 3.21 bits per heavy atom. The van der Waals surface area contributed by atoms with Crippen molar-refractivity contribution < 1.29 is 5.11 Å². The maximum atomic E-state index is 9.50. The highest BCUT2D eigenvalue weighted by molar-refractivity contribution is 7.09. The fraction of sp³-hybridized carbons (Fsp3) is 0.700. The van der Waals surface area contributed by atoms with Gasteiger partial charge in [-0.2, -0.15) is 0 Å². The number of thiazole rings is 1. The largest absolute Gasteiger partial charge is 0.392 e. The summed E-state index contributed by atoms with van der Waals surface area (Å²) in [5, 5.41) is 12.7. The van der Waals surface area contributed by atoms with E-state index in [0.717, 1.165) is 43.2 Å². The summed E-state index contributed by atoms with van der Waals surface area (Å²) in [7, 11) is 0. The Morgan fingerprint density at radius 1 is 1.71 bits per heavy atom. The van der Waals surface area contributed by atoms with Crippen LogP contribution in [0.15, 0.2) is 5.38 Å². The molecule has 1 saturated heterocycles. The van der Waals surface area contributed by atoms with Gasteiger partial charge in [0.1, 0.15) is 0 Å². The van der Waals surface area contributed by atoms with Gasteiger partial charge in [0, 0.05) is 18.5 Å². The highest BCUT2D eigenvalue weighted by atomic mass is 32.1. The number of aliphatic hydroxyl groups is 1. The molecular weight excluding hydrogens is 196 g/mol. The molecule has 1 fully saturated rings. The minimum Gasteiger partial charge on any atom is -0.392 e. The molecule has 1 aliphatic rings. The lowest BCUT2D eigenvalue weighted by atomic mass is 10.1. The summed E-state index contributed by atoms with van der Waals surface area (Å²) in [6.07, 6.45) is 1.92. The van der Waals surface area contributed by atoms with E-state index in [-0.39, 0.29) is 6.10 Å². The second-order valence-corrected chi connectivity index (χ2v) is 4.95. The number of hydrogen-bond acceptors (Lipinski definition) is 4. The third-order valence-corrected chi connectivity index (χ3v) is 3.36. The van der Waals surface area contributed by atoms with Gasteiger partial charge in [-0.15, -0.1) is 11.3 Å². The zero-order valence-corrected chi connectivity index (χ0v) is 9.26. The maximum absolute atomic E-state index is 9.50. The van der Waals surface area contributed by atoms with Crippen molar-refractivity contribution in [3.63, 3.8) is 0 Å². The Kier molecular flexibility index (Phi) is 3.15. The predicted molar refractivity (Wildman–Crippen MR) is 57.4 cm³/mol. The van der Waals surface area contributed by atoms with E-state index in [4.69, 9.17) is 0 Å². The van der Waals surface area contributed by atoms with Crippen LogP contribution in [0, 0.1) is 6.92 Å². The predicted octanol–water partition coefficient (Wildman–Crippen LogP) is 1.41. The van der Waals surface area contributed by atoms with Gasteiger partial charge < -0.3 is 5.11 Å². The molecule has 1 atom stereocenters. The minimum atomic E-state index is -0.136. The topological polar surface area (TPSA) is 36.4 Å². The number of aryl methyl sites for hydroxylation is 1. The molecule has 14 heavy (non-hydrogen) atoms. The van der Waals surface area contributed by atoms with Crippen LogP contribution < -0.4 is 0 Å². The summed E-state index contributed by atoms with van der Waals surface area (Å²) in [5.41, 5.74) is 1.14. The standard InChI is InChI=1S/C10H16N2OS/c1-8-11-9(7-14-8)5-12-4-2-3-10(13)6-12/h7,10,13H,2-6H2,1H3. The number of piperidine rings is 1. The molecule has 78 valence electrons. The average Bonchev–Trinajstić information content (AvgIpc) is 2.51. The first-order valence-electron chi connectivity index (χ1n) is 5.05. The van der Waals surface area contributed by atoms with E-state index in [9.17, 15) is 5.11 Å². The molecule has 0 spiro atoms. The number of rotatable bonds is 2. The van der Waals surface area contributed by atoms with Gasteiger partial charge >= 0.3 is 0 Å². The van der Waals surface area contributed by atoms with E-state index >= 15 is 0 Å². The van der Waals surface area contributed by atoms with Crippen molar-refractivity contribution in [2.75, 3.05) is 13.1 Å². The summed E-state index contributed by atoms with van der Waals surface area (Å²) < 4.78 is 0. The maximum Gasteiger partial charge on any atom is 0.0897 e. The second kappa shape index (κ2) is 4.38. The van der Waals surface area contributed by atoms with Gasteiger partial charge in [-0.25, -0.2) is 4.98 Å². The fourth-order valence-corrected chi connectivity index (χ4v) is 2.49. The Labute approximate surface area is 88.4 Å². The Balaban J connectivity index is 1.90. The van der Waals surface area contributed by atoms with Crippen LogP contribution >= 0.6 is 11.3 Å². The van der Waals surface area contributed by atoms with Crippen molar-refractivity contribution in [1.82, 2.24) is 9.88 Å². The molecule has 2 heterocycles. The molecule has 3 nitrogen and oxygen atoms in total. The lowest BCUT2D eigenvalue weighted by Gasteiger charge is -2.29. The SMILES string of the molecule is Cc1nc(CN2CCCC(O)C2)cs1. The van der Waals surface area contributed by atoms with Gasteiger partial charge in [0.2, 0.25) is 0 Å². The normalized spacial score (nSPS) is 24.0. The van der Waals surface area contributed by atoms with Crippen LogP contribution in [0.2, 0.25) is 0 Å². The van der Waals surface area contributed by atoms with Crippen LogP contribution in [-0.4, -0.2) is 34.2 Å².